The molecule has 0 spiro atoms. The summed E-state index contributed by atoms with van der Waals surface area (Å²) in [6.07, 6.45) is 29.0. The fourth-order valence-electron chi connectivity index (χ4n) is 6.61. The maximum absolute atomic E-state index is 12.9. The number of fused-ring (bicyclic) bond motifs is 3. The summed E-state index contributed by atoms with van der Waals surface area (Å²) in [4.78, 5) is 15.4. The topological polar surface area (TPSA) is 68.2 Å². The molecular formula is C36H47NO5. The Balaban J connectivity index is 1.04. The van der Waals surface area contributed by atoms with E-state index in [2.05, 4.69) is 66.5 Å². The number of rotatable bonds is 15. The summed E-state index contributed by atoms with van der Waals surface area (Å²) in [5.41, 5.74) is 3.52. The first kappa shape index (κ1) is 30.4. The van der Waals surface area contributed by atoms with E-state index in [1.807, 2.05) is 12.1 Å². The first-order valence-electron chi connectivity index (χ1n) is 16.0. The van der Waals surface area contributed by atoms with E-state index in [1.165, 1.54) is 31.3 Å². The highest BCUT2D eigenvalue weighted by Gasteiger charge is 2.50. The second kappa shape index (κ2) is 15.4. The lowest BCUT2D eigenvalue weighted by Gasteiger charge is -2.45. The Kier molecular flexibility index (Phi) is 11.1. The molecule has 1 fully saturated rings. The van der Waals surface area contributed by atoms with Gasteiger partial charge in [-0.2, -0.15) is 0 Å². The summed E-state index contributed by atoms with van der Waals surface area (Å²) >= 11 is 0. The van der Waals surface area contributed by atoms with E-state index in [4.69, 9.17) is 14.2 Å². The van der Waals surface area contributed by atoms with Crippen molar-refractivity contribution in [2.24, 2.45) is 0 Å². The molecule has 6 heteroatoms. The zero-order valence-corrected chi connectivity index (χ0v) is 25.1. The molecule has 1 N–H and O–H groups in total. The van der Waals surface area contributed by atoms with Crippen LogP contribution in [0.5, 0.6) is 11.5 Å². The van der Waals surface area contributed by atoms with E-state index in [9.17, 15) is 9.90 Å². The summed E-state index contributed by atoms with van der Waals surface area (Å²) in [6.45, 7) is 4.24. The number of aliphatic hydroxyl groups excluding tert-OH is 1. The zero-order valence-electron chi connectivity index (χ0n) is 25.1. The zero-order chi connectivity index (χ0) is 29.1. The molecule has 226 valence electrons. The van der Waals surface area contributed by atoms with Crippen molar-refractivity contribution < 1.29 is 24.1 Å². The normalized spacial score (nSPS) is 24.7. The van der Waals surface area contributed by atoms with Crippen LogP contribution in [-0.4, -0.2) is 47.6 Å². The van der Waals surface area contributed by atoms with Gasteiger partial charge < -0.3 is 19.3 Å². The van der Waals surface area contributed by atoms with Crippen LogP contribution in [0.15, 0.2) is 72.4 Å². The molecule has 0 unspecified atom stereocenters. The van der Waals surface area contributed by atoms with Gasteiger partial charge in [-0.1, -0.05) is 80.0 Å². The van der Waals surface area contributed by atoms with Crippen molar-refractivity contribution in [2.45, 2.75) is 108 Å². The number of ether oxygens (including phenoxy) is 3. The minimum Gasteiger partial charge on any atom is -0.459 e. The maximum Gasteiger partial charge on any atom is 0.306 e. The van der Waals surface area contributed by atoms with Crippen LogP contribution >= 0.6 is 0 Å². The number of hydrogen-bond acceptors (Lipinski definition) is 6. The van der Waals surface area contributed by atoms with Crippen LogP contribution in [-0.2, 0) is 16.1 Å². The molecule has 0 amide bonds. The van der Waals surface area contributed by atoms with Gasteiger partial charge in [-0.3, -0.25) is 9.69 Å². The fourth-order valence-corrected chi connectivity index (χ4v) is 6.61. The molecule has 3 heterocycles. The third-order valence-electron chi connectivity index (χ3n) is 8.72. The average Bonchev–Trinajstić information content (AvgIpc) is 3.61. The van der Waals surface area contributed by atoms with Gasteiger partial charge in [-0.25, -0.2) is 0 Å². The first-order valence-corrected chi connectivity index (χ1v) is 16.0. The van der Waals surface area contributed by atoms with Gasteiger partial charge in [0.05, 0.1) is 0 Å². The molecule has 1 aromatic rings. The van der Waals surface area contributed by atoms with E-state index in [-0.39, 0.29) is 24.7 Å². The van der Waals surface area contributed by atoms with Gasteiger partial charge in [0.2, 0.25) is 6.79 Å². The summed E-state index contributed by atoms with van der Waals surface area (Å²) in [5, 5.41) is 11.1. The molecular weight excluding hydrogens is 526 g/mol. The predicted octanol–water partition coefficient (Wildman–Crippen LogP) is 7.45. The molecule has 5 rings (SSSR count). The standard InChI is InChI=1S/C36H47NO5/c1-2-3-4-5-6-7-8-9-10-11-12-13-14-15-16-17-18-19-33(39)42-36-30(38)22-27-20-21-37-25-28-23-31-32(41-26-40-31)24-29(28)34(36)35(27)37/h6-7,9-10,12-13,15-16,22-24,30,34-36,38H,2-5,8,11,14,17-21,25-26H2,1H3/t30-,34-,35+,36+/m0/s1. The molecule has 42 heavy (non-hydrogen) atoms. The lowest BCUT2D eigenvalue weighted by atomic mass is 9.73. The Morgan fingerprint density at radius 1 is 0.952 bits per heavy atom. The van der Waals surface area contributed by atoms with Crippen LogP contribution in [0.2, 0.25) is 0 Å². The Bertz CT molecular complexity index is 1210. The number of carbonyl (C=O) groups is 1. The molecule has 1 aromatic carbocycles. The van der Waals surface area contributed by atoms with E-state index < -0.39 is 12.2 Å². The van der Waals surface area contributed by atoms with Crippen molar-refractivity contribution in [2.75, 3.05) is 13.3 Å². The lowest BCUT2D eigenvalue weighted by molar-refractivity contribution is -0.157. The van der Waals surface area contributed by atoms with E-state index in [0.29, 0.717) is 6.42 Å². The second-order valence-electron chi connectivity index (χ2n) is 11.8. The highest BCUT2D eigenvalue weighted by Crippen LogP contribution is 2.50. The van der Waals surface area contributed by atoms with Crippen LogP contribution in [0.25, 0.3) is 0 Å². The Hall–Kier alpha value is -3.09. The van der Waals surface area contributed by atoms with Crippen LogP contribution < -0.4 is 9.47 Å². The number of allylic oxidation sites excluding steroid dienone is 8. The Labute approximate surface area is 251 Å². The first-order chi connectivity index (χ1) is 20.7. The minimum absolute atomic E-state index is 0.113. The smallest absolute Gasteiger partial charge is 0.306 e. The molecule has 3 aliphatic heterocycles. The molecule has 0 saturated carbocycles. The van der Waals surface area contributed by atoms with Crippen molar-refractivity contribution in [3.8, 4) is 11.5 Å². The number of esters is 1. The van der Waals surface area contributed by atoms with Gasteiger partial charge >= 0.3 is 5.97 Å². The molecule has 1 aliphatic carbocycles. The van der Waals surface area contributed by atoms with Crippen molar-refractivity contribution >= 4 is 5.97 Å². The monoisotopic (exact) mass is 573 g/mol. The molecule has 6 nitrogen and oxygen atoms in total. The van der Waals surface area contributed by atoms with E-state index in [0.717, 1.165) is 74.2 Å². The Morgan fingerprint density at radius 3 is 2.33 bits per heavy atom. The van der Waals surface area contributed by atoms with Crippen LogP contribution in [0.1, 0.15) is 94.6 Å². The highest BCUT2D eigenvalue weighted by molar-refractivity contribution is 5.70. The largest absolute Gasteiger partial charge is 0.459 e. The molecule has 0 radical (unpaired) electrons. The molecule has 4 aliphatic rings. The summed E-state index contributed by atoms with van der Waals surface area (Å²) in [5.74, 6) is 1.14. The number of aliphatic hydroxyl groups is 1. The molecule has 1 saturated heterocycles. The summed E-state index contributed by atoms with van der Waals surface area (Å²) < 4.78 is 17.3. The van der Waals surface area contributed by atoms with Crippen LogP contribution in [0.4, 0.5) is 0 Å². The molecule has 4 atom stereocenters. The van der Waals surface area contributed by atoms with Gasteiger partial charge in [0, 0.05) is 31.5 Å². The summed E-state index contributed by atoms with van der Waals surface area (Å²) in [6, 6.07) is 4.25. The van der Waals surface area contributed by atoms with Crippen LogP contribution in [0.3, 0.4) is 0 Å². The van der Waals surface area contributed by atoms with E-state index in [1.54, 1.807) is 0 Å². The van der Waals surface area contributed by atoms with Crippen molar-refractivity contribution in [3.63, 3.8) is 0 Å². The molecule has 0 bridgehead atoms. The lowest BCUT2D eigenvalue weighted by Crippen LogP contribution is -2.51. The van der Waals surface area contributed by atoms with Gasteiger partial charge in [0.1, 0.15) is 12.2 Å². The predicted molar refractivity (Wildman–Crippen MR) is 166 cm³/mol. The third kappa shape index (κ3) is 7.64. The highest BCUT2D eigenvalue weighted by atomic mass is 16.7. The number of hydrogen-bond donors (Lipinski definition) is 1. The van der Waals surface area contributed by atoms with Crippen molar-refractivity contribution in [1.82, 2.24) is 4.90 Å². The van der Waals surface area contributed by atoms with Gasteiger partial charge in [0.25, 0.3) is 0 Å². The molecule has 0 aromatic heterocycles. The van der Waals surface area contributed by atoms with Gasteiger partial charge in [-0.15, -0.1) is 0 Å². The average molecular weight is 574 g/mol. The van der Waals surface area contributed by atoms with Gasteiger partial charge in [0.15, 0.2) is 11.5 Å². The second-order valence-corrected chi connectivity index (χ2v) is 11.8. The number of carbonyl (C=O) groups excluding carboxylic acids is 1. The third-order valence-corrected chi connectivity index (χ3v) is 8.72. The quantitative estimate of drug-likeness (QED) is 0.134. The number of benzene rings is 1. The SMILES string of the molecule is CCCCCC=CCC=CCC=CCC=CCCCC(=O)O[C@H]1[C@H]2c3cc4c(cc3CN3CCC(=C[C@@H]1O)[C@H]23)OCO4. The summed E-state index contributed by atoms with van der Waals surface area (Å²) in [7, 11) is 0. The van der Waals surface area contributed by atoms with Crippen molar-refractivity contribution in [1.29, 1.82) is 0 Å². The van der Waals surface area contributed by atoms with Gasteiger partial charge in [-0.05, 0) is 74.6 Å². The number of nitrogens with zero attached hydrogens (tertiary/aromatic N) is 1. The maximum atomic E-state index is 12.9. The van der Waals surface area contributed by atoms with Crippen LogP contribution in [0, 0.1) is 0 Å². The fraction of sp³-hybridized carbons (Fsp3) is 0.528. The van der Waals surface area contributed by atoms with E-state index >= 15 is 0 Å². The minimum atomic E-state index is -0.810. The number of unbranched alkanes of at least 4 members (excludes halogenated alkanes) is 4. The van der Waals surface area contributed by atoms with Crippen molar-refractivity contribution in [3.05, 3.63) is 83.5 Å². The Morgan fingerprint density at radius 2 is 1.62 bits per heavy atom.